The number of carbonyl (C=O) groups excluding carboxylic acids is 2. The molecule has 4 rings (SSSR count). The molecule has 0 aliphatic rings. The van der Waals surface area contributed by atoms with E-state index < -0.39 is 37.5 Å². The molecule has 0 saturated heterocycles. The fraction of sp³-hybridized carbons (Fsp3) is 0.250. The highest BCUT2D eigenvalue weighted by Gasteiger charge is 2.23. The van der Waals surface area contributed by atoms with Crippen LogP contribution < -0.4 is 14.8 Å². The molecule has 12 heteroatoms. The first-order chi connectivity index (χ1) is 19.1. The van der Waals surface area contributed by atoms with E-state index in [-0.39, 0.29) is 34.9 Å². The monoisotopic (exact) mass is 569 g/mol. The zero-order valence-electron chi connectivity index (χ0n) is 22.5. The maximum absolute atomic E-state index is 15.0. The van der Waals surface area contributed by atoms with Gasteiger partial charge in [-0.1, -0.05) is 37.8 Å². The van der Waals surface area contributed by atoms with Crippen LogP contribution in [-0.2, 0) is 16.2 Å². The van der Waals surface area contributed by atoms with Crippen molar-refractivity contribution in [3.05, 3.63) is 78.1 Å². The van der Waals surface area contributed by atoms with Crippen molar-refractivity contribution >= 4 is 36.9 Å². The molecule has 0 bridgehead atoms. The lowest BCUT2D eigenvalue weighted by atomic mass is 10.2. The van der Waals surface area contributed by atoms with E-state index in [2.05, 4.69) is 29.9 Å². The van der Waals surface area contributed by atoms with Crippen LogP contribution in [0.2, 0.25) is 25.7 Å². The molecule has 0 unspecified atom stereocenters. The first kappa shape index (κ1) is 28.7. The lowest BCUT2D eigenvalue weighted by Crippen LogP contribution is -2.22. The van der Waals surface area contributed by atoms with Crippen molar-refractivity contribution in [1.29, 1.82) is 0 Å². The summed E-state index contributed by atoms with van der Waals surface area (Å²) < 4.78 is 53.1. The van der Waals surface area contributed by atoms with Gasteiger partial charge in [0.25, 0.3) is 0 Å². The molecule has 0 aliphatic heterocycles. The van der Waals surface area contributed by atoms with Gasteiger partial charge in [0, 0.05) is 39.2 Å². The number of fused-ring (bicyclic) bond motifs is 1. The summed E-state index contributed by atoms with van der Waals surface area (Å²) in [6.45, 7) is 7.35. The number of pyridine rings is 1. The summed E-state index contributed by atoms with van der Waals surface area (Å²) in [6.07, 6.45) is 1.97. The predicted octanol–water partition coefficient (Wildman–Crippen LogP) is 6.82. The number of para-hydroxylation sites is 1. The Bertz CT molecular complexity index is 1500. The summed E-state index contributed by atoms with van der Waals surface area (Å²) in [7, 11) is -0.0840. The lowest BCUT2D eigenvalue weighted by Gasteiger charge is -2.15. The van der Waals surface area contributed by atoms with Crippen LogP contribution >= 0.6 is 0 Å². The number of nitrogens with zero attached hydrogens (tertiary/aromatic N) is 2. The number of amides is 1. The molecular weight excluding hydrogens is 540 g/mol. The summed E-state index contributed by atoms with van der Waals surface area (Å²) in [6, 6.07) is 12.3. The molecule has 9 nitrogen and oxygen atoms in total. The summed E-state index contributed by atoms with van der Waals surface area (Å²) in [5, 5.41) is 2.48. The van der Waals surface area contributed by atoms with Crippen LogP contribution in [-0.4, -0.2) is 43.4 Å². The Morgan fingerprint density at radius 3 is 2.40 bits per heavy atom. The second kappa shape index (κ2) is 12.3. The number of hydrogen-bond donors (Lipinski definition) is 1. The topological polar surface area (TPSA) is 101 Å². The number of esters is 1. The van der Waals surface area contributed by atoms with E-state index in [1.54, 1.807) is 34.9 Å². The Balaban J connectivity index is 1.58. The smallest absolute Gasteiger partial charge is 0.417 e. The molecule has 40 heavy (non-hydrogen) atoms. The van der Waals surface area contributed by atoms with Gasteiger partial charge < -0.3 is 23.5 Å². The first-order valence-electron chi connectivity index (χ1n) is 12.4. The molecule has 0 saturated carbocycles. The quantitative estimate of drug-likeness (QED) is 0.127. The third kappa shape index (κ3) is 7.01. The van der Waals surface area contributed by atoms with Crippen LogP contribution in [0.15, 0.2) is 60.9 Å². The minimum absolute atomic E-state index is 0.0201. The Hall–Kier alpha value is -4.29. The molecule has 0 atom stereocenters. The number of rotatable bonds is 10. The van der Waals surface area contributed by atoms with Crippen LogP contribution in [0, 0.1) is 11.6 Å². The van der Waals surface area contributed by atoms with Crippen LogP contribution in [0.4, 0.5) is 19.3 Å². The van der Waals surface area contributed by atoms with Crippen molar-refractivity contribution in [2.45, 2.75) is 32.4 Å². The lowest BCUT2D eigenvalue weighted by molar-refractivity contribution is 0.0600. The average Bonchev–Trinajstić information content (AvgIpc) is 3.27. The maximum Gasteiger partial charge on any atom is 0.417 e. The average molecular weight is 570 g/mol. The number of anilines is 1. The van der Waals surface area contributed by atoms with Crippen molar-refractivity contribution < 1.29 is 37.3 Å². The van der Waals surface area contributed by atoms with E-state index >= 15 is 8.78 Å². The van der Waals surface area contributed by atoms with Gasteiger partial charge in [0.2, 0.25) is 0 Å². The van der Waals surface area contributed by atoms with Gasteiger partial charge in [-0.3, -0.25) is 5.32 Å². The van der Waals surface area contributed by atoms with Gasteiger partial charge in [0.05, 0.1) is 23.7 Å². The van der Waals surface area contributed by atoms with Gasteiger partial charge in [-0.05, 0) is 24.2 Å². The highest BCUT2D eigenvalue weighted by atomic mass is 28.3. The number of aromatic nitrogens is 2. The van der Waals surface area contributed by atoms with Crippen LogP contribution in [0.25, 0.3) is 11.0 Å². The summed E-state index contributed by atoms with van der Waals surface area (Å²) in [5.41, 5.74) is 0.228. The van der Waals surface area contributed by atoms with Gasteiger partial charge >= 0.3 is 12.1 Å². The molecule has 2 heterocycles. The summed E-state index contributed by atoms with van der Waals surface area (Å²) >= 11 is 0. The van der Waals surface area contributed by atoms with Gasteiger partial charge in [-0.2, -0.15) is 0 Å². The van der Waals surface area contributed by atoms with Crippen LogP contribution in [0.5, 0.6) is 17.2 Å². The van der Waals surface area contributed by atoms with Crippen molar-refractivity contribution in [3.63, 3.8) is 0 Å². The fourth-order valence-corrected chi connectivity index (χ4v) is 4.51. The van der Waals surface area contributed by atoms with Crippen LogP contribution in [0.1, 0.15) is 10.4 Å². The van der Waals surface area contributed by atoms with Gasteiger partial charge in [0.15, 0.2) is 17.4 Å². The second-order valence-corrected chi connectivity index (χ2v) is 15.7. The molecule has 2 aromatic carbocycles. The molecule has 0 spiro atoms. The SMILES string of the molecule is COC(=O)c1cn(COCC[Si](C)(C)C)c2nccc(Oc3c(F)cc(NC(=O)Oc4ccccc4)cc3F)c12. The standard InChI is InChI=1S/C28H29F2N3O6Si/c1-36-27(34)20-16-33(17-37-12-13-40(2,3)4)26-24(20)23(10-11-31-26)39-25-21(29)14-18(15-22(25)30)32-28(35)38-19-8-6-5-7-9-19/h5-11,14-16H,12-13,17H2,1-4H3,(H,32,35). The number of nitrogens with one attached hydrogen (secondary N) is 1. The number of hydrogen-bond acceptors (Lipinski definition) is 7. The van der Waals surface area contributed by atoms with Crippen LogP contribution in [0.3, 0.4) is 0 Å². The Morgan fingerprint density at radius 2 is 1.75 bits per heavy atom. The summed E-state index contributed by atoms with van der Waals surface area (Å²) in [4.78, 5) is 29.0. The third-order valence-electron chi connectivity index (χ3n) is 5.76. The molecule has 2 aromatic heterocycles. The van der Waals surface area contributed by atoms with Crippen molar-refractivity contribution in [2.75, 3.05) is 19.0 Å². The molecule has 0 fully saturated rings. The van der Waals surface area contributed by atoms with E-state index in [4.69, 9.17) is 18.9 Å². The van der Waals surface area contributed by atoms with E-state index in [0.717, 1.165) is 18.2 Å². The zero-order valence-corrected chi connectivity index (χ0v) is 23.5. The normalized spacial score (nSPS) is 11.3. The third-order valence-corrected chi connectivity index (χ3v) is 7.47. The zero-order chi connectivity index (χ0) is 28.9. The Morgan fingerprint density at radius 1 is 1.05 bits per heavy atom. The van der Waals surface area contributed by atoms with Gasteiger partial charge in [-0.25, -0.2) is 23.4 Å². The van der Waals surface area contributed by atoms with E-state index in [1.165, 1.54) is 25.6 Å². The molecule has 4 aromatic rings. The Labute approximate surface area is 230 Å². The predicted molar refractivity (Wildman–Crippen MR) is 148 cm³/mol. The number of ether oxygens (including phenoxy) is 4. The van der Waals surface area contributed by atoms with E-state index in [9.17, 15) is 9.59 Å². The van der Waals surface area contributed by atoms with Crippen molar-refractivity contribution in [3.8, 4) is 17.2 Å². The fourth-order valence-electron chi connectivity index (χ4n) is 3.75. The molecule has 0 radical (unpaired) electrons. The highest BCUT2D eigenvalue weighted by molar-refractivity contribution is 6.76. The van der Waals surface area contributed by atoms with Crippen molar-refractivity contribution in [2.24, 2.45) is 0 Å². The maximum atomic E-state index is 15.0. The van der Waals surface area contributed by atoms with E-state index in [1.807, 2.05) is 0 Å². The molecular formula is C28H29F2N3O6Si. The largest absolute Gasteiger partial charge is 0.465 e. The Kier molecular flexibility index (Phi) is 8.80. The minimum Gasteiger partial charge on any atom is -0.465 e. The number of carbonyl (C=O) groups is 2. The molecule has 1 N–H and O–H groups in total. The van der Waals surface area contributed by atoms with Crippen molar-refractivity contribution in [1.82, 2.24) is 9.55 Å². The van der Waals surface area contributed by atoms with E-state index in [0.29, 0.717) is 12.3 Å². The summed E-state index contributed by atoms with van der Waals surface area (Å²) in [5.74, 6) is -3.35. The molecule has 0 aliphatic carbocycles. The van der Waals surface area contributed by atoms with Gasteiger partial charge in [-0.15, -0.1) is 0 Å². The first-order valence-corrected chi connectivity index (χ1v) is 16.1. The molecule has 1 amide bonds. The second-order valence-electron chi connectivity index (χ2n) is 10.1. The minimum atomic E-state index is -1.31. The number of benzene rings is 2. The highest BCUT2D eigenvalue weighted by Crippen LogP contribution is 2.36. The number of methoxy groups -OCH3 is 1. The van der Waals surface area contributed by atoms with Gasteiger partial charge in [0.1, 0.15) is 23.9 Å². The number of halogens is 2. The molecule has 210 valence electrons.